The summed E-state index contributed by atoms with van der Waals surface area (Å²) in [4.78, 5) is 30.8. The van der Waals surface area contributed by atoms with Crippen LogP contribution in [0.25, 0.3) is 0 Å². The molecule has 0 aliphatic heterocycles. The Morgan fingerprint density at radius 3 is 2.41 bits per heavy atom. The molecule has 2 aromatic carbocycles. The summed E-state index contributed by atoms with van der Waals surface area (Å²) in [6, 6.07) is 14.8. The van der Waals surface area contributed by atoms with Crippen molar-refractivity contribution < 1.29 is 23.5 Å². The topological polar surface area (TPSA) is 59.1 Å². The zero-order chi connectivity index (χ0) is 24.5. The molecule has 0 saturated heterocycles. The molecule has 0 aliphatic carbocycles. The summed E-state index contributed by atoms with van der Waals surface area (Å²) in [6.45, 7) is 4.44. The lowest BCUT2D eigenvalue weighted by Crippen LogP contribution is -2.42. The Labute approximate surface area is 202 Å². The molecule has 3 rings (SSSR count). The summed E-state index contributed by atoms with van der Waals surface area (Å²) in [5.41, 5.74) is 1.12. The van der Waals surface area contributed by atoms with Gasteiger partial charge in [0.05, 0.1) is 26.3 Å². The van der Waals surface area contributed by atoms with Gasteiger partial charge in [0.25, 0.3) is 5.91 Å². The Morgan fingerprint density at radius 2 is 1.79 bits per heavy atom. The number of methoxy groups -OCH3 is 2. The molecule has 2 amide bonds. The summed E-state index contributed by atoms with van der Waals surface area (Å²) >= 11 is 1.54. The number of hydrogen-bond acceptors (Lipinski definition) is 5. The highest BCUT2D eigenvalue weighted by Crippen LogP contribution is 2.26. The van der Waals surface area contributed by atoms with Gasteiger partial charge < -0.3 is 19.3 Å². The molecule has 0 spiro atoms. The molecule has 0 aliphatic rings. The SMILES string of the molecule is C=CCN(CC(=O)N(Cc1ccc(F)cc1)Cc1cccs1)C(=O)c1ccc(OC)cc1OC. The zero-order valence-electron chi connectivity index (χ0n) is 19.2. The van der Waals surface area contributed by atoms with Crippen LogP contribution in [0.4, 0.5) is 4.39 Å². The first-order valence-corrected chi connectivity index (χ1v) is 11.5. The standard InChI is InChI=1S/C26H27FN2O4S/c1-4-13-28(26(31)23-12-11-21(32-2)15-24(23)33-3)18-25(30)29(17-22-6-5-14-34-22)16-19-7-9-20(27)10-8-19/h4-12,14-15H,1,13,16-18H2,2-3H3. The van der Waals surface area contributed by atoms with Crippen LogP contribution in [0.15, 0.2) is 72.6 Å². The largest absolute Gasteiger partial charge is 0.497 e. The van der Waals surface area contributed by atoms with Crippen molar-refractivity contribution in [3.05, 3.63) is 94.5 Å². The summed E-state index contributed by atoms with van der Waals surface area (Å²) < 4.78 is 23.9. The van der Waals surface area contributed by atoms with E-state index in [0.29, 0.717) is 30.2 Å². The van der Waals surface area contributed by atoms with E-state index in [-0.39, 0.29) is 30.7 Å². The summed E-state index contributed by atoms with van der Waals surface area (Å²) in [5, 5.41) is 1.94. The molecule has 0 N–H and O–H groups in total. The van der Waals surface area contributed by atoms with Crippen LogP contribution in [0.3, 0.4) is 0 Å². The van der Waals surface area contributed by atoms with Gasteiger partial charge in [0.1, 0.15) is 23.9 Å². The van der Waals surface area contributed by atoms with E-state index in [2.05, 4.69) is 6.58 Å². The number of amides is 2. The van der Waals surface area contributed by atoms with E-state index in [1.807, 2.05) is 17.5 Å². The Hall–Kier alpha value is -3.65. The number of carbonyl (C=O) groups excluding carboxylic acids is 2. The second-order valence-electron chi connectivity index (χ2n) is 7.50. The predicted molar refractivity (Wildman–Crippen MR) is 131 cm³/mol. The summed E-state index contributed by atoms with van der Waals surface area (Å²) in [6.07, 6.45) is 1.57. The van der Waals surface area contributed by atoms with Gasteiger partial charge in [0.2, 0.25) is 5.91 Å². The first-order chi connectivity index (χ1) is 16.4. The number of benzene rings is 2. The second kappa shape index (κ2) is 12.0. The van der Waals surface area contributed by atoms with Crippen molar-refractivity contribution in [3.63, 3.8) is 0 Å². The Morgan fingerprint density at radius 1 is 1.03 bits per heavy atom. The Kier molecular flexibility index (Phi) is 8.81. The van der Waals surface area contributed by atoms with Crippen LogP contribution in [0.1, 0.15) is 20.8 Å². The van der Waals surface area contributed by atoms with Gasteiger partial charge >= 0.3 is 0 Å². The fraction of sp³-hybridized carbons (Fsp3) is 0.231. The third-order valence-corrected chi connectivity index (χ3v) is 6.03. The number of halogens is 1. The van der Waals surface area contributed by atoms with Gasteiger partial charge in [-0.05, 0) is 41.3 Å². The van der Waals surface area contributed by atoms with Crippen LogP contribution in [-0.4, -0.2) is 48.9 Å². The van der Waals surface area contributed by atoms with Crippen LogP contribution < -0.4 is 9.47 Å². The maximum absolute atomic E-state index is 13.4. The van der Waals surface area contributed by atoms with Crippen LogP contribution >= 0.6 is 11.3 Å². The van der Waals surface area contributed by atoms with Gasteiger partial charge in [-0.1, -0.05) is 24.3 Å². The summed E-state index contributed by atoms with van der Waals surface area (Å²) in [7, 11) is 3.00. The normalized spacial score (nSPS) is 10.4. The molecule has 6 nitrogen and oxygen atoms in total. The number of ether oxygens (including phenoxy) is 2. The quantitative estimate of drug-likeness (QED) is 0.370. The second-order valence-corrected chi connectivity index (χ2v) is 8.53. The first kappa shape index (κ1) is 25.0. The zero-order valence-corrected chi connectivity index (χ0v) is 20.0. The van der Waals surface area contributed by atoms with Crippen molar-refractivity contribution in [2.75, 3.05) is 27.3 Å². The van der Waals surface area contributed by atoms with Crippen LogP contribution in [-0.2, 0) is 17.9 Å². The van der Waals surface area contributed by atoms with Crippen LogP contribution in [0.2, 0.25) is 0 Å². The smallest absolute Gasteiger partial charge is 0.258 e. The van der Waals surface area contributed by atoms with E-state index in [9.17, 15) is 14.0 Å². The minimum absolute atomic E-state index is 0.146. The van der Waals surface area contributed by atoms with Gasteiger partial charge in [-0.25, -0.2) is 4.39 Å². The number of hydrogen-bond donors (Lipinski definition) is 0. The molecular formula is C26H27FN2O4S. The van der Waals surface area contributed by atoms with Crippen molar-refractivity contribution >= 4 is 23.2 Å². The number of carbonyl (C=O) groups is 2. The Balaban J connectivity index is 1.83. The molecule has 1 heterocycles. The number of thiophene rings is 1. The van der Waals surface area contributed by atoms with E-state index >= 15 is 0 Å². The van der Waals surface area contributed by atoms with Crippen molar-refractivity contribution in [3.8, 4) is 11.5 Å². The van der Waals surface area contributed by atoms with Crippen molar-refractivity contribution in [2.24, 2.45) is 0 Å². The predicted octanol–water partition coefficient (Wildman–Crippen LogP) is 4.76. The lowest BCUT2D eigenvalue weighted by molar-refractivity contribution is -0.133. The highest BCUT2D eigenvalue weighted by Gasteiger charge is 2.24. The maximum atomic E-state index is 13.4. The fourth-order valence-corrected chi connectivity index (χ4v) is 4.14. The molecule has 0 radical (unpaired) electrons. The average molecular weight is 483 g/mol. The van der Waals surface area contributed by atoms with Crippen molar-refractivity contribution in [1.82, 2.24) is 9.80 Å². The molecule has 3 aromatic rings. The molecule has 1 aromatic heterocycles. The highest BCUT2D eigenvalue weighted by molar-refractivity contribution is 7.09. The number of nitrogens with zero attached hydrogens (tertiary/aromatic N) is 2. The maximum Gasteiger partial charge on any atom is 0.258 e. The molecule has 8 heteroatoms. The van der Waals surface area contributed by atoms with Crippen molar-refractivity contribution in [2.45, 2.75) is 13.1 Å². The molecule has 178 valence electrons. The molecule has 0 fully saturated rings. The number of rotatable bonds is 11. The van der Waals surface area contributed by atoms with Gasteiger partial charge in [0, 0.05) is 24.0 Å². The van der Waals surface area contributed by atoms with E-state index in [0.717, 1.165) is 10.4 Å². The molecule has 0 bridgehead atoms. The molecule has 0 unspecified atom stereocenters. The highest BCUT2D eigenvalue weighted by atomic mass is 32.1. The minimum atomic E-state index is -0.356. The lowest BCUT2D eigenvalue weighted by atomic mass is 10.1. The van der Waals surface area contributed by atoms with Gasteiger partial charge in [-0.3, -0.25) is 9.59 Å². The van der Waals surface area contributed by atoms with E-state index in [1.165, 1.54) is 31.3 Å². The summed E-state index contributed by atoms with van der Waals surface area (Å²) in [5.74, 6) is -0.0177. The van der Waals surface area contributed by atoms with E-state index < -0.39 is 0 Å². The van der Waals surface area contributed by atoms with Crippen LogP contribution in [0, 0.1) is 5.82 Å². The van der Waals surface area contributed by atoms with Gasteiger partial charge in [-0.15, -0.1) is 17.9 Å². The van der Waals surface area contributed by atoms with Gasteiger partial charge in [-0.2, -0.15) is 0 Å². The van der Waals surface area contributed by atoms with Crippen molar-refractivity contribution in [1.29, 1.82) is 0 Å². The average Bonchev–Trinajstić information content (AvgIpc) is 3.37. The third kappa shape index (κ3) is 6.45. The monoisotopic (exact) mass is 482 g/mol. The molecule has 0 saturated carbocycles. The van der Waals surface area contributed by atoms with E-state index in [1.54, 1.807) is 52.6 Å². The molecule has 34 heavy (non-hydrogen) atoms. The van der Waals surface area contributed by atoms with E-state index in [4.69, 9.17) is 9.47 Å². The fourth-order valence-electron chi connectivity index (χ4n) is 3.42. The van der Waals surface area contributed by atoms with Gasteiger partial charge in [0.15, 0.2) is 0 Å². The lowest BCUT2D eigenvalue weighted by Gasteiger charge is -2.27. The Bertz CT molecular complexity index is 1120. The first-order valence-electron chi connectivity index (χ1n) is 10.6. The molecule has 0 atom stereocenters. The third-order valence-electron chi connectivity index (χ3n) is 5.17. The van der Waals surface area contributed by atoms with Crippen LogP contribution in [0.5, 0.6) is 11.5 Å². The minimum Gasteiger partial charge on any atom is -0.497 e. The molecular weight excluding hydrogens is 455 g/mol.